The van der Waals surface area contributed by atoms with Gasteiger partial charge < -0.3 is 5.11 Å². The van der Waals surface area contributed by atoms with Crippen LogP contribution in [0.15, 0.2) is 0 Å². The van der Waals surface area contributed by atoms with Gasteiger partial charge in [0, 0.05) is 23.0 Å². The van der Waals surface area contributed by atoms with E-state index in [9.17, 15) is 9.00 Å². The van der Waals surface area contributed by atoms with Crippen molar-refractivity contribution in [2.75, 3.05) is 5.75 Å². The molecule has 0 heterocycles. The number of unbranched alkanes of at least 4 members (excludes halogenated alkanes) is 1. The van der Waals surface area contributed by atoms with Crippen molar-refractivity contribution in [3.8, 4) is 6.07 Å². The molecule has 2 unspecified atom stereocenters. The van der Waals surface area contributed by atoms with E-state index in [2.05, 4.69) is 0 Å². The number of nitriles is 1. The molecule has 0 saturated carbocycles. The van der Waals surface area contributed by atoms with E-state index < -0.39 is 22.0 Å². The summed E-state index contributed by atoms with van der Waals surface area (Å²) >= 11 is 0. The van der Waals surface area contributed by atoms with Gasteiger partial charge in [-0.05, 0) is 12.3 Å². The summed E-state index contributed by atoms with van der Waals surface area (Å²) in [5.74, 6) is -0.867. The summed E-state index contributed by atoms with van der Waals surface area (Å²) < 4.78 is 11.5. The molecule has 0 amide bonds. The minimum atomic E-state index is -1.37. The molecule has 0 aliphatic heterocycles. The number of hydrogen-bond acceptors (Lipinski definition) is 3. The normalized spacial score (nSPS) is 14.7. The van der Waals surface area contributed by atoms with Crippen LogP contribution in [0.1, 0.15) is 26.7 Å². The Morgan fingerprint density at radius 3 is 2.50 bits per heavy atom. The Morgan fingerprint density at radius 1 is 1.57 bits per heavy atom. The minimum Gasteiger partial charge on any atom is -0.480 e. The Balaban J connectivity index is 4.18. The smallest absolute Gasteiger partial charge is 0.319 e. The summed E-state index contributed by atoms with van der Waals surface area (Å²) in [6.07, 6.45) is 0.829. The van der Waals surface area contributed by atoms with Crippen molar-refractivity contribution in [1.29, 1.82) is 5.26 Å². The number of nitrogens with zero attached hydrogens (tertiary/aromatic N) is 1. The molecule has 1 N–H and O–H groups in total. The number of hydrogen-bond donors (Lipinski definition) is 1. The van der Waals surface area contributed by atoms with Crippen molar-refractivity contribution >= 4 is 16.8 Å². The lowest BCUT2D eigenvalue weighted by Gasteiger charge is -2.14. The molecule has 0 radical (unpaired) electrons. The lowest BCUT2D eigenvalue weighted by Crippen LogP contribution is -2.32. The van der Waals surface area contributed by atoms with Crippen LogP contribution in [0.2, 0.25) is 0 Å². The van der Waals surface area contributed by atoms with Gasteiger partial charge in [0.2, 0.25) is 0 Å². The summed E-state index contributed by atoms with van der Waals surface area (Å²) in [6.45, 7) is 3.47. The highest BCUT2D eigenvalue weighted by Gasteiger charge is 2.27. The Kier molecular flexibility index (Phi) is 6.13. The molecule has 0 aliphatic rings. The Bertz CT molecular complexity index is 257. The molecule has 0 aromatic heterocycles. The SMILES string of the molecule is CC(C)C(C(=O)O)S(=O)CCCC#N. The Labute approximate surface area is 86.4 Å². The summed E-state index contributed by atoms with van der Waals surface area (Å²) in [4.78, 5) is 10.8. The zero-order valence-corrected chi connectivity index (χ0v) is 9.21. The maximum Gasteiger partial charge on any atom is 0.319 e. The third-order valence-electron chi connectivity index (χ3n) is 1.77. The van der Waals surface area contributed by atoms with E-state index in [0.29, 0.717) is 18.6 Å². The quantitative estimate of drug-likeness (QED) is 0.677. The first-order chi connectivity index (χ1) is 6.50. The molecule has 80 valence electrons. The van der Waals surface area contributed by atoms with E-state index in [-0.39, 0.29) is 5.92 Å². The molecule has 0 aromatic carbocycles. The van der Waals surface area contributed by atoms with Crippen LogP contribution in [-0.4, -0.2) is 26.3 Å². The van der Waals surface area contributed by atoms with Gasteiger partial charge in [-0.3, -0.25) is 9.00 Å². The minimum absolute atomic E-state index is 0.143. The maximum absolute atomic E-state index is 11.5. The number of carboxylic acids is 1. The number of aliphatic carboxylic acids is 1. The van der Waals surface area contributed by atoms with Crippen molar-refractivity contribution in [2.45, 2.75) is 31.9 Å². The third-order valence-corrected chi connectivity index (χ3v) is 3.77. The van der Waals surface area contributed by atoms with E-state index in [1.165, 1.54) is 0 Å². The zero-order chi connectivity index (χ0) is 11.1. The van der Waals surface area contributed by atoms with E-state index in [0.717, 1.165) is 0 Å². The van der Waals surface area contributed by atoms with Gasteiger partial charge in [-0.15, -0.1) is 0 Å². The van der Waals surface area contributed by atoms with Crippen LogP contribution in [0.3, 0.4) is 0 Å². The molecule has 0 rings (SSSR count). The summed E-state index contributed by atoms with van der Waals surface area (Å²) in [5.41, 5.74) is 0. The topological polar surface area (TPSA) is 78.2 Å². The molecule has 0 bridgehead atoms. The molecule has 0 aliphatic carbocycles. The largest absolute Gasteiger partial charge is 0.480 e. The highest BCUT2D eigenvalue weighted by Crippen LogP contribution is 2.11. The summed E-state index contributed by atoms with van der Waals surface area (Å²) in [5, 5.41) is 16.3. The van der Waals surface area contributed by atoms with Gasteiger partial charge in [0.15, 0.2) is 0 Å². The van der Waals surface area contributed by atoms with Crippen LogP contribution >= 0.6 is 0 Å². The average Bonchev–Trinajstić information content (AvgIpc) is 2.03. The first kappa shape index (κ1) is 13.1. The van der Waals surface area contributed by atoms with Gasteiger partial charge in [-0.25, -0.2) is 0 Å². The van der Waals surface area contributed by atoms with Crippen LogP contribution in [0.5, 0.6) is 0 Å². The fourth-order valence-electron chi connectivity index (χ4n) is 1.12. The van der Waals surface area contributed by atoms with Gasteiger partial charge in [0.25, 0.3) is 0 Å². The van der Waals surface area contributed by atoms with E-state index >= 15 is 0 Å². The van der Waals surface area contributed by atoms with Crippen molar-refractivity contribution in [3.05, 3.63) is 0 Å². The number of rotatable bonds is 6. The molecule has 0 aromatic rings. The van der Waals surface area contributed by atoms with Crippen molar-refractivity contribution in [2.24, 2.45) is 5.92 Å². The lowest BCUT2D eigenvalue weighted by molar-refractivity contribution is -0.137. The molecule has 0 fully saturated rings. The Morgan fingerprint density at radius 2 is 2.14 bits per heavy atom. The van der Waals surface area contributed by atoms with Crippen molar-refractivity contribution < 1.29 is 14.1 Å². The van der Waals surface area contributed by atoms with E-state index in [4.69, 9.17) is 10.4 Å². The first-order valence-corrected chi connectivity index (χ1v) is 5.85. The molecule has 0 saturated heterocycles. The fraction of sp³-hybridized carbons (Fsp3) is 0.778. The molecule has 5 heteroatoms. The molecular formula is C9H15NO3S. The standard InChI is InChI=1S/C9H15NO3S/c1-7(2)8(9(11)12)14(13)6-4-3-5-10/h7-8H,3-4,6H2,1-2H3,(H,11,12). The predicted octanol–water partition coefficient (Wildman–Crippen LogP) is 1.15. The molecule has 4 nitrogen and oxygen atoms in total. The van der Waals surface area contributed by atoms with Crippen molar-refractivity contribution in [1.82, 2.24) is 0 Å². The average molecular weight is 217 g/mol. The third kappa shape index (κ3) is 4.38. The second-order valence-electron chi connectivity index (χ2n) is 3.35. The second-order valence-corrected chi connectivity index (χ2v) is 5.03. The fourth-order valence-corrected chi connectivity index (χ4v) is 2.64. The highest BCUT2D eigenvalue weighted by atomic mass is 32.2. The molecule has 2 atom stereocenters. The number of carbonyl (C=O) groups is 1. The predicted molar refractivity (Wildman–Crippen MR) is 54.1 cm³/mol. The van der Waals surface area contributed by atoms with E-state index in [1.807, 2.05) is 6.07 Å². The van der Waals surface area contributed by atoms with Crippen LogP contribution < -0.4 is 0 Å². The van der Waals surface area contributed by atoms with Gasteiger partial charge in [-0.1, -0.05) is 13.8 Å². The number of carboxylic acid groups (broad SMARTS) is 1. The summed E-state index contributed by atoms with van der Waals surface area (Å²) in [7, 11) is -1.37. The van der Waals surface area contributed by atoms with Crippen LogP contribution in [0.25, 0.3) is 0 Å². The van der Waals surface area contributed by atoms with E-state index in [1.54, 1.807) is 13.8 Å². The summed E-state index contributed by atoms with van der Waals surface area (Å²) in [6, 6.07) is 1.94. The first-order valence-electron chi connectivity index (χ1n) is 4.47. The van der Waals surface area contributed by atoms with Crippen LogP contribution in [0.4, 0.5) is 0 Å². The molecule has 14 heavy (non-hydrogen) atoms. The zero-order valence-electron chi connectivity index (χ0n) is 8.40. The van der Waals surface area contributed by atoms with Gasteiger partial charge >= 0.3 is 5.97 Å². The lowest BCUT2D eigenvalue weighted by atomic mass is 10.1. The molecule has 0 spiro atoms. The molecular weight excluding hydrogens is 202 g/mol. The van der Waals surface area contributed by atoms with Crippen LogP contribution in [0, 0.1) is 17.2 Å². The second kappa shape index (κ2) is 6.55. The van der Waals surface area contributed by atoms with Crippen LogP contribution in [-0.2, 0) is 15.6 Å². The van der Waals surface area contributed by atoms with Gasteiger partial charge in [0.1, 0.15) is 5.25 Å². The van der Waals surface area contributed by atoms with Crippen molar-refractivity contribution in [3.63, 3.8) is 0 Å². The monoisotopic (exact) mass is 217 g/mol. The van der Waals surface area contributed by atoms with Gasteiger partial charge in [0.05, 0.1) is 6.07 Å². The highest BCUT2D eigenvalue weighted by molar-refractivity contribution is 7.86. The Hall–Kier alpha value is -0.890. The maximum atomic E-state index is 11.5. The van der Waals surface area contributed by atoms with Gasteiger partial charge in [-0.2, -0.15) is 5.26 Å².